The van der Waals surface area contributed by atoms with Gasteiger partial charge in [0.05, 0.1) is 12.6 Å². The predicted octanol–water partition coefficient (Wildman–Crippen LogP) is 2.51. The summed E-state index contributed by atoms with van der Waals surface area (Å²) in [5.41, 5.74) is 0. The molecule has 0 aromatic heterocycles. The molecule has 1 rings (SSSR count). The molecule has 1 aliphatic heterocycles. The molecule has 0 aromatic carbocycles. The zero-order chi connectivity index (χ0) is 15.3. The summed E-state index contributed by atoms with van der Waals surface area (Å²) in [5, 5.41) is 0. The molecule has 122 valence electrons. The molecule has 1 unspecified atom stereocenters. The maximum absolute atomic E-state index is 11.0. The topological polar surface area (TPSA) is 40.6 Å². The molecule has 1 heterocycles. The first-order valence-electron chi connectivity index (χ1n) is 8.67. The Morgan fingerprint density at radius 2 is 1.86 bits per heavy atom. The molecular formula is C17H32N2O2. The number of hydrogen-bond acceptors (Lipinski definition) is 4. The standard InChI is InChI=1S/C17H32N2O2/c1-2-18(14-15-20)11-7-4-3-5-8-12-19-13-9-6-10-17(19)16-21/h15-17H,2-14H2,1H3. The van der Waals surface area contributed by atoms with Crippen molar-refractivity contribution >= 4 is 12.6 Å². The van der Waals surface area contributed by atoms with Crippen molar-refractivity contribution in [3.63, 3.8) is 0 Å². The number of carbonyl (C=O) groups excluding carboxylic acids is 2. The van der Waals surface area contributed by atoms with Crippen LogP contribution in [0.25, 0.3) is 0 Å². The summed E-state index contributed by atoms with van der Waals surface area (Å²) in [6, 6.07) is 0.181. The van der Waals surface area contributed by atoms with Gasteiger partial charge in [0.1, 0.15) is 12.6 Å². The molecule has 1 fully saturated rings. The fourth-order valence-corrected chi connectivity index (χ4v) is 3.11. The number of nitrogens with zero attached hydrogens (tertiary/aromatic N) is 2. The van der Waals surface area contributed by atoms with Crippen LogP contribution in [0, 0.1) is 0 Å². The van der Waals surface area contributed by atoms with E-state index in [1.165, 1.54) is 44.9 Å². The highest BCUT2D eigenvalue weighted by Gasteiger charge is 2.20. The first-order chi connectivity index (χ1) is 10.3. The average molecular weight is 296 g/mol. The Kier molecular flexibility index (Phi) is 10.3. The quantitative estimate of drug-likeness (QED) is 0.410. The summed E-state index contributed by atoms with van der Waals surface area (Å²) < 4.78 is 0. The SMILES string of the molecule is CCN(CC=O)CCCCCCCN1CCCCC1C=O. The number of piperidine rings is 1. The molecule has 0 aliphatic carbocycles. The zero-order valence-corrected chi connectivity index (χ0v) is 13.6. The van der Waals surface area contributed by atoms with Crippen LogP contribution in [0.3, 0.4) is 0 Å². The minimum atomic E-state index is 0.181. The first kappa shape index (κ1) is 18.3. The normalized spacial score (nSPS) is 19.8. The van der Waals surface area contributed by atoms with E-state index in [4.69, 9.17) is 0 Å². The third-order valence-corrected chi connectivity index (χ3v) is 4.52. The summed E-state index contributed by atoms with van der Waals surface area (Å²) in [7, 11) is 0. The van der Waals surface area contributed by atoms with Gasteiger partial charge in [-0.25, -0.2) is 0 Å². The van der Waals surface area contributed by atoms with Crippen molar-refractivity contribution in [3.05, 3.63) is 0 Å². The van der Waals surface area contributed by atoms with Gasteiger partial charge in [-0.3, -0.25) is 9.80 Å². The van der Waals surface area contributed by atoms with E-state index in [0.717, 1.165) is 45.2 Å². The molecule has 0 spiro atoms. The summed E-state index contributed by atoms with van der Waals surface area (Å²) >= 11 is 0. The van der Waals surface area contributed by atoms with Crippen molar-refractivity contribution in [2.45, 2.75) is 64.3 Å². The van der Waals surface area contributed by atoms with Crippen LogP contribution in [0.2, 0.25) is 0 Å². The fraction of sp³-hybridized carbons (Fsp3) is 0.882. The van der Waals surface area contributed by atoms with Crippen molar-refractivity contribution in [1.82, 2.24) is 9.80 Å². The van der Waals surface area contributed by atoms with E-state index in [0.29, 0.717) is 6.54 Å². The number of aldehydes is 2. The van der Waals surface area contributed by atoms with Crippen molar-refractivity contribution in [3.8, 4) is 0 Å². The second-order valence-corrected chi connectivity index (χ2v) is 6.06. The summed E-state index contributed by atoms with van der Waals surface area (Å²) in [6.45, 7) is 6.84. The highest BCUT2D eigenvalue weighted by Crippen LogP contribution is 2.16. The number of carbonyl (C=O) groups is 2. The van der Waals surface area contributed by atoms with Gasteiger partial charge in [-0.05, 0) is 51.9 Å². The Bertz CT molecular complexity index is 284. The third kappa shape index (κ3) is 7.72. The Labute approximate surface area is 129 Å². The molecule has 0 aromatic rings. The number of hydrogen-bond donors (Lipinski definition) is 0. The molecular weight excluding hydrogens is 264 g/mol. The first-order valence-corrected chi connectivity index (χ1v) is 8.67. The molecule has 0 amide bonds. The second kappa shape index (κ2) is 11.9. The summed E-state index contributed by atoms with van der Waals surface area (Å²) in [4.78, 5) is 26.0. The van der Waals surface area contributed by atoms with Gasteiger partial charge in [-0.2, -0.15) is 0 Å². The highest BCUT2D eigenvalue weighted by molar-refractivity contribution is 5.57. The molecule has 4 nitrogen and oxygen atoms in total. The molecule has 4 heteroatoms. The minimum Gasteiger partial charge on any atom is -0.302 e. The Hall–Kier alpha value is -0.740. The van der Waals surface area contributed by atoms with E-state index in [-0.39, 0.29) is 6.04 Å². The van der Waals surface area contributed by atoms with Crippen LogP contribution in [0.1, 0.15) is 58.3 Å². The maximum atomic E-state index is 11.0. The molecule has 0 bridgehead atoms. The van der Waals surface area contributed by atoms with Crippen LogP contribution in [-0.4, -0.2) is 61.1 Å². The van der Waals surface area contributed by atoms with E-state index in [1.807, 2.05) is 0 Å². The van der Waals surface area contributed by atoms with Crippen molar-refractivity contribution in [2.75, 3.05) is 32.7 Å². The van der Waals surface area contributed by atoms with Gasteiger partial charge in [-0.1, -0.05) is 32.6 Å². The average Bonchev–Trinajstić information content (AvgIpc) is 2.53. The van der Waals surface area contributed by atoms with Gasteiger partial charge in [0.15, 0.2) is 0 Å². The second-order valence-electron chi connectivity index (χ2n) is 6.06. The van der Waals surface area contributed by atoms with E-state index in [1.54, 1.807) is 0 Å². The number of likely N-dealkylation sites (N-methyl/N-ethyl adjacent to an activating group) is 1. The molecule has 1 atom stereocenters. The van der Waals surface area contributed by atoms with E-state index >= 15 is 0 Å². The Morgan fingerprint density at radius 3 is 2.57 bits per heavy atom. The maximum Gasteiger partial charge on any atom is 0.137 e. The third-order valence-electron chi connectivity index (χ3n) is 4.52. The Morgan fingerprint density at radius 1 is 1.10 bits per heavy atom. The van der Waals surface area contributed by atoms with Gasteiger partial charge >= 0.3 is 0 Å². The van der Waals surface area contributed by atoms with Crippen molar-refractivity contribution < 1.29 is 9.59 Å². The van der Waals surface area contributed by atoms with Gasteiger partial charge in [0, 0.05) is 0 Å². The van der Waals surface area contributed by atoms with Crippen LogP contribution < -0.4 is 0 Å². The zero-order valence-electron chi connectivity index (χ0n) is 13.6. The lowest BCUT2D eigenvalue weighted by Crippen LogP contribution is -2.40. The molecule has 0 N–H and O–H groups in total. The monoisotopic (exact) mass is 296 g/mol. The predicted molar refractivity (Wildman–Crippen MR) is 86.5 cm³/mol. The van der Waals surface area contributed by atoms with Crippen LogP contribution in [0.4, 0.5) is 0 Å². The van der Waals surface area contributed by atoms with Crippen molar-refractivity contribution in [2.24, 2.45) is 0 Å². The summed E-state index contributed by atoms with van der Waals surface area (Å²) in [5.74, 6) is 0. The van der Waals surface area contributed by atoms with Gasteiger partial charge in [0.25, 0.3) is 0 Å². The number of rotatable bonds is 12. The van der Waals surface area contributed by atoms with E-state index in [2.05, 4.69) is 16.7 Å². The molecule has 0 radical (unpaired) electrons. The van der Waals surface area contributed by atoms with Crippen LogP contribution in [0.5, 0.6) is 0 Å². The smallest absolute Gasteiger partial charge is 0.137 e. The van der Waals surface area contributed by atoms with Crippen LogP contribution in [0.15, 0.2) is 0 Å². The van der Waals surface area contributed by atoms with Gasteiger partial charge < -0.3 is 9.59 Å². The largest absolute Gasteiger partial charge is 0.302 e. The molecule has 1 saturated heterocycles. The van der Waals surface area contributed by atoms with Gasteiger partial charge in [-0.15, -0.1) is 0 Å². The number of unbranched alkanes of at least 4 members (excludes halogenated alkanes) is 4. The van der Waals surface area contributed by atoms with Crippen LogP contribution in [-0.2, 0) is 9.59 Å². The molecule has 1 aliphatic rings. The lowest BCUT2D eigenvalue weighted by molar-refractivity contribution is -0.113. The molecule has 21 heavy (non-hydrogen) atoms. The van der Waals surface area contributed by atoms with E-state index < -0.39 is 0 Å². The summed E-state index contributed by atoms with van der Waals surface area (Å²) in [6.07, 6.45) is 11.8. The van der Waals surface area contributed by atoms with Gasteiger partial charge in [0.2, 0.25) is 0 Å². The van der Waals surface area contributed by atoms with Crippen LogP contribution >= 0.6 is 0 Å². The lowest BCUT2D eigenvalue weighted by Gasteiger charge is -2.32. The van der Waals surface area contributed by atoms with Crippen molar-refractivity contribution in [1.29, 1.82) is 0 Å². The number of likely N-dealkylation sites (tertiary alicyclic amines) is 1. The highest BCUT2D eigenvalue weighted by atomic mass is 16.1. The van der Waals surface area contributed by atoms with E-state index in [9.17, 15) is 9.59 Å². The lowest BCUT2D eigenvalue weighted by atomic mass is 10.0. The minimum absolute atomic E-state index is 0.181. The molecule has 0 saturated carbocycles. The fourth-order valence-electron chi connectivity index (χ4n) is 3.11. The Balaban J connectivity index is 1.98.